The second kappa shape index (κ2) is 8.09. The minimum absolute atomic E-state index is 0.0240. The van der Waals surface area contributed by atoms with Crippen molar-refractivity contribution < 1.29 is 27.5 Å². The second-order valence-electron chi connectivity index (χ2n) is 6.75. The van der Waals surface area contributed by atoms with Gasteiger partial charge in [-0.3, -0.25) is 9.69 Å². The number of hydrogen-bond donors (Lipinski definition) is 1. The Labute approximate surface area is 164 Å². The number of halogens is 5. The summed E-state index contributed by atoms with van der Waals surface area (Å²) >= 11 is 6.23. The summed E-state index contributed by atoms with van der Waals surface area (Å²) in [5.41, 5.74) is -0.788. The van der Waals surface area contributed by atoms with Crippen molar-refractivity contribution in [2.24, 2.45) is 0 Å². The molecule has 1 N–H and O–H groups in total. The van der Waals surface area contributed by atoms with E-state index in [-0.39, 0.29) is 16.1 Å². The van der Waals surface area contributed by atoms with E-state index in [1.807, 2.05) is 0 Å². The number of carbonyl (C=O) groups is 1. The first-order valence-corrected chi connectivity index (χ1v) is 9.17. The summed E-state index contributed by atoms with van der Waals surface area (Å²) < 4.78 is 54.4. The fourth-order valence-corrected chi connectivity index (χ4v) is 3.90. The summed E-state index contributed by atoms with van der Waals surface area (Å²) in [4.78, 5) is 13.3. The van der Waals surface area contributed by atoms with Crippen molar-refractivity contribution >= 4 is 17.6 Å². The zero-order valence-electron chi connectivity index (χ0n) is 14.7. The van der Waals surface area contributed by atoms with Crippen LogP contribution in [0, 0.1) is 5.82 Å². The van der Waals surface area contributed by atoms with Crippen LogP contribution in [0.3, 0.4) is 0 Å². The average molecular weight is 416 g/mol. The maximum absolute atomic E-state index is 14.6. The van der Waals surface area contributed by atoms with Crippen molar-refractivity contribution in [3.05, 3.63) is 70.0 Å². The van der Waals surface area contributed by atoms with E-state index in [1.54, 1.807) is 6.07 Å². The van der Waals surface area contributed by atoms with E-state index >= 15 is 0 Å². The first kappa shape index (κ1) is 20.6. The Morgan fingerprint density at radius 2 is 1.86 bits per heavy atom. The minimum atomic E-state index is -4.60. The summed E-state index contributed by atoms with van der Waals surface area (Å²) in [6, 6.07) is 6.55. The molecule has 8 heteroatoms. The molecule has 0 amide bonds. The molecule has 1 heterocycles. The normalized spacial score (nSPS) is 19.4. The van der Waals surface area contributed by atoms with Crippen LogP contribution in [-0.4, -0.2) is 28.6 Å². The van der Waals surface area contributed by atoms with Crippen LogP contribution in [0.15, 0.2) is 42.5 Å². The maximum Gasteiger partial charge on any atom is 0.416 e. The van der Waals surface area contributed by atoms with E-state index in [2.05, 4.69) is 0 Å². The van der Waals surface area contributed by atoms with Gasteiger partial charge in [-0.15, -0.1) is 0 Å². The largest absolute Gasteiger partial charge is 0.480 e. The van der Waals surface area contributed by atoms with Gasteiger partial charge in [-0.25, -0.2) is 4.39 Å². The molecule has 0 radical (unpaired) electrons. The molecule has 150 valence electrons. The van der Waals surface area contributed by atoms with Crippen LogP contribution in [0.25, 0.3) is 0 Å². The Hall–Kier alpha value is -2.12. The molecule has 2 atom stereocenters. The first-order chi connectivity index (χ1) is 13.2. The molecule has 0 aliphatic carbocycles. The van der Waals surface area contributed by atoms with Gasteiger partial charge >= 0.3 is 12.1 Å². The van der Waals surface area contributed by atoms with E-state index in [0.717, 1.165) is 18.2 Å². The van der Waals surface area contributed by atoms with E-state index < -0.39 is 35.6 Å². The summed E-state index contributed by atoms with van der Waals surface area (Å²) in [7, 11) is 0. The smallest absolute Gasteiger partial charge is 0.416 e. The van der Waals surface area contributed by atoms with E-state index in [0.29, 0.717) is 25.8 Å². The van der Waals surface area contributed by atoms with Gasteiger partial charge in [-0.05, 0) is 49.2 Å². The van der Waals surface area contributed by atoms with E-state index in [1.165, 1.54) is 23.1 Å². The number of hydrogen-bond acceptors (Lipinski definition) is 2. The van der Waals surface area contributed by atoms with Crippen molar-refractivity contribution in [1.29, 1.82) is 0 Å². The lowest BCUT2D eigenvalue weighted by Gasteiger charge is -2.40. The van der Waals surface area contributed by atoms with Crippen LogP contribution in [0.4, 0.5) is 17.6 Å². The molecular weight excluding hydrogens is 398 g/mol. The van der Waals surface area contributed by atoms with Gasteiger partial charge in [0.05, 0.1) is 11.6 Å². The third-order valence-electron chi connectivity index (χ3n) is 4.98. The molecule has 28 heavy (non-hydrogen) atoms. The Balaban J connectivity index is 2.20. The van der Waals surface area contributed by atoms with Gasteiger partial charge in [0, 0.05) is 10.6 Å². The molecule has 1 fully saturated rings. The lowest BCUT2D eigenvalue weighted by molar-refractivity contribution is -0.145. The summed E-state index contributed by atoms with van der Waals surface area (Å²) in [6.07, 6.45) is -2.94. The fourth-order valence-electron chi connectivity index (χ4n) is 3.68. The summed E-state index contributed by atoms with van der Waals surface area (Å²) in [6.45, 7) is 0.308. The number of alkyl halides is 3. The molecule has 0 spiro atoms. The monoisotopic (exact) mass is 415 g/mol. The quantitative estimate of drug-likeness (QED) is 0.668. The van der Waals surface area contributed by atoms with Crippen molar-refractivity contribution in [2.75, 3.05) is 6.54 Å². The molecule has 1 aliphatic rings. The molecule has 2 aromatic carbocycles. The SMILES string of the molecule is O=C(O)C1CCCCN1C(c1ccccc1F)c1cc(C(F)(F)F)ccc1Cl. The number of piperidine rings is 1. The van der Waals surface area contributed by atoms with Gasteiger partial charge in [-0.1, -0.05) is 36.2 Å². The number of aliphatic carboxylic acids is 1. The van der Waals surface area contributed by atoms with Crippen LogP contribution in [-0.2, 0) is 11.0 Å². The standard InChI is InChI=1S/C20H18ClF4NO2/c21-15-9-8-12(20(23,24)25)11-14(15)18(13-5-1-2-6-16(13)22)26-10-4-3-7-17(26)19(27)28/h1-2,5-6,8-9,11,17-18H,3-4,7,10H2,(H,27,28). The topological polar surface area (TPSA) is 40.5 Å². The Morgan fingerprint density at radius 1 is 1.14 bits per heavy atom. The van der Waals surface area contributed by atoms with Crippen LogP contribution in [0.1, 0.15) is 42.0 Å². The highest BCUT2D eigenvalue weighted by Crippen LogP contribution is 2.41. The average Bonchev–Trinajstić information content (AvgIpc) is 2.64. The van der Waals surface area contributed by atoms with Crippen molar-refractivity contribution in [2.45, 2.75) is 37.5 Å². The molecule has 3 nitrogen and oxygen atoms in total. The highest BCUT2D eigenvalue weighted by molar-refractivity contribution is 6.31. The lowest BCUT2D eigenvalue weighted by Crippen LogP contribution is -2.47. The van der Waals surface area contributed by atoms with Gasteiger partial charge in [0.25, 0.3) is 0 Å². The number of carboxylic acid groups (broad SMARTS) is 1. The maximum atomic E-state index is 14.6. The molecule has 1 aliphatic heterocycles. The Bertz CT molecular complexity index is 872. The number of nitrogens with zero attached hydrogens (tertiary/aromatic N) is 1. The first-order valence-electron chi connectivity index (χ1n) is 8.79. The van der Waals surface area contributed by atoms with E-state index in [9.17, 15) is 27.5 Å². The third-order valence-corrected chi connectivity index (χ3v) is 5.32. The molecular formula is C20H18ClF4NO2. The van der Waals surface area contributed by atoms with Gasteiger partial charge in [0.2, 0.25) is 0 Å². The number of benzene rings is 2. The molecule has 0 aromatic heterocycles. The van der Waals surface area contributed by atoms with Gasteiger partial charge in [0.1, 0.15) is 11.9 Å². The van der Waals surface area contributed by atoms with Crippen molar-refractivity contribution in [1.82, 2.24) is 4.90 Å². The summed E-state index contributed by atoms with van der Waals surface area (Å²) in [5.74, 6) is -1.72. The van der Waals surface area contributed by atoms with Crippen LogP contribution in [0.2, 0.25) is 5.02 Å². The molecule has 0 saturated carbocycles. The Morgan fingerprint density at radius 3 is 2.50 bits per heavy atom. The fraction of sp³-hybridized carbons (Fsp3) is 0.350. The van der Waals surface area contributed by atoms with Crippen molar-refractivity contribution in [3.8, 4) is 0 Å². The summed E-state index contributed by atoms with van der Waals surface area (Å²) in [5, 5.41) is 9.65. The zero-order valence-corrected chi connectivity index (χ0v) is 15.5. The minimum Gasteiger partial charge on any atom is -0.480 e. The molecule has 2 aromatic rings. The van der Waals surface area contributed by atoms with Crippen LogP contribution in [0.5, 0.6) is 0 Å². The van der Waals surface area contributed by atoms with Gasteiger partial charge in [0.15, 0.2) is 0 Å². The number of rotatable bonds is 4. The number of carboxylic acids is 1. The van der Waals surface area contributed by atoms with Crippen molar-refractivity contribution in [3.63, 3.8) is 0 Å². The Kier molecular flexibility index (Phi) is 5.95. The lowest BCUT2D eigenvalue weighted by atomic mass is 9.90. The predicted molar refractivity (Wildman–Crippen MR) is 96.7 cm³/mol. The second-order valence-corrected chi connectivity index (χ2v) is 7.15. The predicted octanol–water partition coefficient (Wildman–Crippen LogP) is 5.53. The number of likely N-dealkylation sites (tertiary alicyclic amines) is 1. The van der Waals surface area contributed by atoms with Gasteiger partial charge < -0.3 is 5.11 Å². The molecule has 0 bridgehead atoms. The third kappa shape index (κ3) is 4.15. The van der Waals surface area contributed by atoms with Gasteiger partial charge in [-0.2, -0.15) is 13.2 Å². The van der Waals surface area contributed by atoms with E-state index in [4.69, 9.17) is 11.6 Å². The highest BCUT2D eigenvalue weighted by atomic mass is 35.5. The molecule has 2 unspecified atom stereocenters. The molecule has 1 saturated heterocycles. The van der Waals surface area contributed by atoms with Crippen LogP contribution < -0.4 is 0 Å². The van der Waals surface area contributed by atoms with Crippen LogP contribution >= 0.6 is 11.6 Å². The molecule has 3 rings (SSSR count). The highest BCUT2D eigenvalue weighted by Gasteiger charge is 2.38. The zero-order chi connectivity index (χ0) is 20.5.